The number of rotatable bonds is 8. The summed E-state index contributed by atoms with van der Waals surface area (Å²) < 4.78 is 10.9. The maximum Gasteiger partial charge on any atom is 0.309 e. The zero-order valence-corrected chi connectivity index (χ0v) is 21.3. The number of carbonyl (C=O) groups excluding carboxylic acids is 3. The van der Waals surface area contributed by atoms with Crippen LogP contribution in [0.4, 0.5) is 0 Å². The summed E-state index contributed by atoms with van der Waals surface area (Å²) >= 11 is 0. The van der Waals surface area contributed by atoms with Gasteiger partial charge in [0.1, 0.15) is 11.9 Å². The SMILES string of the molecule is CCCCCCC(=O)OC1C(C)=CC23CCC4C(C(C=C(CC(=O)OC)C(O)C12)C3=O)C4(C)C. The van der Waals surface area contributed by atoms with Gasteiger partial charge in [-0.1, -0.05) is 52.2 Å². The number of aliphatic hydroxyl groups is 1. The second kappa shape index (κ2) is 9.25. The molecule has 0 amide bonds. The van der Waals surface area contributed by atoms with Crippen molar-refractivity contribution >= 4 is 17.7 Å². The zero-order valence-electron chi connectivity index (χ0n) is 21.3. The van der Waals surface area contributed by atoms with Crippen LogP contribution in [0, 0.1) is 34.5 Å². The van der Waals surface area contributed by atoms with Crippen molar-refractivity contribution in [2.24, 2.45) is 34.5 Å². The number of ether oxygens (including phenoxy) is 2. The summed E-state index contributed by atoms with van der Waals surface area (Å²) in [5.41, 5.74) is 0.528. The summed E-state index contributed by atoms with van der Waals surface area (Å²) in [7, 11) is 1.33. The van der Waals surface area contributed by atoms with Gasteiger partial charge in [0.2, 0.25) is 0 Å². The number of esters is 2. The summed E-state index contributed by atoms with van der Waals surface area (Å²) in [6, 6.07) is 0. The lowest BCUT2D eigenvalue weighted by Gasteiger charge is -2.38. The Hall–Kier alpha value is -1.95. The molecule has 4 aliphatic rings. The molecule has 0 heterocycles. The Morgan fingerprint density at radius 1 is 1.15 bits per heavy atom. The van der Waals surface area contributed by atoms with Crippen molar-refractivity contribution in [3.8, 4) is 0 Å². The van der Waals surface area contributed by atoms with E-state index in [1.807, 2.05) is 19.1 Å². The lowest BCUT2D eigenvalue weighted by atomic mass is 9.66. The molecule has 34 heavy (non-hydrogen) atoms. The van der Waals surface area contributed by atoms with E-state index in [2.05, 4.69) is 20.8 Å². The summed E-state index contributed by atoms with van der Waals surface area (Å²) in [5, 5.41) is 11.6. The molecule has 1 spiro atoms. The van der Waals surface area contributed by atoms with Gasteiger partial charge in [0, 0.05) is 18.3 Å². The monoisotopic (exact) mass is 472 g/mol. The quantitative estimate of drug-likeness (QED) is 0.317. The molecule has 0 radical (unpaired) electrons. The number of methoxy groups -OCH3 is 1. The third-order valence-corrected chi connectivity index (χ3v) is 9.19. The van der Waals surface area contributed by atoms with E-state index in [1.165, 1.54) is 7.11 Å². The smallest absolute Gasteiger partial charge is 0.309 e. The van der Waals surface area contributed by atoms with Gasteiger partial charge < -0.3 is 14.6 Å². The van der Waals surface area contributed by atoms with Gasteiger partial charge in [-0.25, -0.2) is 0 Å². The van der Waals surface area contributed by atoms with Crippen LogP contribution in [-0.2, 0) is 23.9 Å². The highest BCUT2D eigenvalue weighted by Crippen LogP contribution is 2.70. The number of ketones is 1. The molecule has 6 nitrogen and oxygen atoms in total. The first kappa shape index (κ1) is 25.2. The van der Waals surface area contributed by atoms with Gasteiger partial charge in [-0.15, -0.1) is 0 Å². The van der Waals surface area contributed by atoms with Gasteiger partial charge in [0.25, 0.3) is 0 Å². The predicted molar refractivity (Wildman–Crippen MR) is 128 cm³/mol. The van der Waals surface area contributed by atoms with E-state index in [-0.39, 0.29) is 35.4 Å². The minimum atomic E-state index is -1.06. The van der Waals surface area contributed by atoms with Crippen molar-refractivity contribution in [1.29, 1.82) is 0 Å². The Bertz CT molecular complexity index is 914. The van der Waals surface area contributed by atoms with Crippen LogP contribution in [0.2, 0.25) is 0 Å². The lowest BCUT2D eigenvalue weighted by molar-refractivity contribution is -0.156. The van der Waals surface area contributed by atoms with E-state index in [4.69, 9.17) is 9.47 Å². The average Bonchev–Trinajstić information content (AvgIpc) is 3.28. The van der Waals surface area contributed by atoms with E-state index in [0.717, 1.165) is 37.7 Å². The topological polar surface area (TPSA) is 89.9 Å². The summed E-state index contributed by atoms with van der Waals surface area (Å²) in [4.78, 5) is 39.2. The number of unbranched alkanes of at least 4 members (excludes halogenated alkanes) is 3. The van der Waals surface area contributed by atoms with Gasteiger partial charge >= 0.3 is 11.9 Å². The molecule has 0 aliphatic heterocycles. The zero-order chi connectivity index (χ0) is 24.8. The molecule has 4 rings (SSSR count). The van der Waals surface area contributed by atoms with E-state index in [1.54, 1.807) is 0 Å². The molecule has 1 N–H and O–H groups in total. The Morgan fingerprint density at radius 2 is 1.88 bits per heavy atom. The third kappa shape index (κ3) is 4.06. The highest BCUT2D eigenvalue weighted by Gasteiger charge is 2.69. The fraction of sp³-hybridized carbons (Fsp3) is 0.750. The van der Waals surface area contributed by atoms with Crippen LogP contribution in [0.1, 0.15) is 79.1 Å². The largest absolute Gasteiger partial charge is 0.469 e. The minimum Gasteiger partial charge on any atom is -0.469 e. The number of aliphatic hydroxyl groups excluding tert-OH is 1. The molecule has 0 saturated heterocycles. The molecule has 7 unspecified atom stereocenters. The highest BCUT2D eigenvalue weighted by atomic mass is 16.5. The Balaban J connectivity index is 1.67. The molecule has 2 fully saturated rings. The molecular weight excluding hydrogens is 432 g/mol. The van der Waals surface area contributed by atoms with Crippen molar-refractivity contribution in [3.05, 3.63) is 23.3 Å². The van der Waals surface area contributed by atoms with E-state index in [0.29, 0.717) is 24.3 Å². The van der Waals surface area contributed by atoms with Crippen LogP contribution in [0.15, 0.2) is 23.3 Å². The molecule has 188 valence electrons. The number of Topliss-reactive ketones (excluding diaryl/α,β-unsaturated/α-hetero) is 1. The highest BCUT2D eigenvalue weighted by molar-refractivity contribution is 5.94. The number of hydrogen-bond donors (Lipinski definition) is 1. The van der Waals surface area contributed by atoms with Crippen molar-refractivity contribution in [3.63, 3.8) is 0 Å². The fourth-order valence-electron chi connectivity index (χ4n) is 7.31. The number of hydrogen-bond acceptors (Lipinski definition) is 6. The second-order valence-electron chi connectivity index (χ2n) is 11.5. The van der Waals surface area contributed by atoms with Crippen LogP contribution in [0.3, 0.4) is 0 Å². The molecule has 6 heteroatoms. The maximum atomic E-state index is 14.2. The second-order valence-corrected chi connectivity index (χ2v) is 11.5. The number of fused-ring (bicyclic) bond motifs is 3. The number of carbonyl (C=O) groups is 3. The van der Waals surface area contributed by atoms with Gasteiger partial charge in [-0.05, 0) is 54.6 Å². The van der Waals surface area contributed by atoms with Crippen molar-refractivity contribution in [2.45, 2.75) is 91.3 Å². The Labute approximate surface area is 203 Å². The Kier molecular flexibility index (Phi) is 6.84. The molecule has 7 atom stereocenters. The van der Waals surface area contributed by atoms with Gasteiger partial charge in [-0.2, -0.15) is 0 Å². The molecule has 0 aromatic carbocycles. The van der Waals surface area contributed by atoms with E-state index < -0.39 is 29.5 Å². The molecule has 0 aromatic heterocycles. The fourth-order valence-corrected chi connectivity index (χ4v) is 7.31. The molecular formula is C28H40O6. The van der Waals surface area contributed by atoms with Crippen LogP contribution in [0.25, 0.3) is 0 Å². The first-order chi connectivity index (χ1) is 16.1. The molecule has 2 saturated carbocycles. The first-order valence-electron chi connectivity index (χ1n) is 13.0. The predicted octanol–water partition coefficient (Wildman–Crippen LogP) is 4.55. The maximum absolute atomic E-state index is 14.2. The lowest BCUT2D eigenvalue weighted by Crippen LogP contribution is -2.47. The summed E-state index contributed by atoms with van der Waals surface area (Å²) in [6.45, 7) is 8.43. The van der Waals surface area contributed by atoms with Gasteiger partial charge in [0.15, 0.2) is 0 Å². The van der Waals surface area contributed by atoms with E-state index in [9.17, 15) is 19.5 Å². The molecule has 0 aromatic rings. The van der Waals surface area contributed by atoms with Crippen molar-refractivity contribution in [1.82, 2.24) is 0 Å². The van der Waals surface area contributed by atoms with E-state index >= 15 is 0 Å². The third-order valence-electron chi connectivity index (χ3n) is 9.19. The first-order valence-corrected chi connectivity index (χ1v) is 13.0. The van der Waals surface area contributed by atoms with Gasteiger partial charge in [-0.3, -0.25) is 14.4 Å². The Morgan fingerprint density at radius 3 is 2.56 bits per heavy atom. The van der Waals surface area contributed by atoms with Crippen molar-refractivity contribution < 1.29 is 29.0 Å². The average molecular weight is 473 g/mol. The number of allylic oxidation sites excluding steroid dienone is 2. The van der Waals surface area contributed by atoms with Crippen LogP contribution in [-0.4, -0.2) is 42.1 Å². The minimum absolute atomic E-state index is 0.0569. The molecule has 2 bridgehead atoms. The normalized spacial score (nSPS) is 37.4. The van der Waals surface area contributed by atoms with Crippen LogP contribution < -0.4 is 0 Å². The van der Waals surface area contributed by atoms with Crippen LogP contribution >= 0.6 is 0 Å². The summed E-state index contributed by atoms with van der Waals surface area (Å²) in [5.74, 6) is -0.957. The molecule has 4 aliphatic carbocycles. The standard InChI is InChI=1S/C28H40O6/c1-6-7-8-9-10-20(29)34-25-16(2)15-28-12-11-19-22(27(19,3)4)18(26(28)32)13-17(14-21(30)33-5)24(31)23(25)28/h13,15,18-19,22-25,31H,6-12,14H2,1-5H3. The van der Waals surface area contributed by atoms with Crippen LogP contribution in [0.5, 0.6) is 0 Å². The van der Waals surface area contributed by atoms with Gasteiger partial charge in [0.05, 0.1) is 25.0 Å². The van der Waals surface area contributed by atoms with Crippen molar-refractivity contribution in [2.75, 3.05) is 7.11 Å². The summed E-state index contributed by atoms with van der Waals surface area (Å²) in [6.07, 6.45) is 7.84.